The van der Waals surface area contributed by atoms with Crippen molar-refractivity contribution in [3.05, 3.63) is 192 Å². The topological polar surface area (TPSA) is 50.9 Å². The number of pyridine rings is 1. The average molecular weight is 876 g/mol. The zero-order chi connectivity index (χ0) is 47.2. The highest BCUT2D eigenvalue weighted by Gasteiger charge is 2.36. The van der Waals surface area contributed by atoms with Crippen LogP contribution >= 0.6 is 0 Å². The van der Waals surface area contributed by atoms with Gasteiger partial charge in [0, 0.05) is 33.9 Å². The first-order valence-electron chi connectivity index (χ1n) is 23.7. The van der Waals surface area contributed by atoms with Gasteiger partial charge in [0.05, 0.1) is 28.0 Å². The molecule has 9 aromatic rings. The van der Waals surface area contributed by atoms with Crippen LogP contribution in [0.15, 0.2) is 164 Å². The molecule has 10 rings (SSSR count). The van der Waals surface area contributed by atoms with Crippen LogP contribution < -0.4 is 0 Å². The number of fused-ring (bicyclic) bond motifs is 6. The summed E-state index contributed by atoms with van der Waals surface area (Å²) in [6.07, 6.45) is 1.92. The summed E-state index contributed by atoms with van der Waals surface area (Å²) in [6.45, 7) is 24.8. The van der Waals surface area contributed by atoms with Crippen molar-refractivity contribution in [3.63, 3.8) is 0 Å². The molecule has 0 bridgehead atoms. The number of rotatable bonds is 5. The molecule has 0 spiro atoms. The van der Waals surface area contributed by atoms with E-state index >= 15 is 0 Å². The number of phenolic OH excluding ortho intramolecular Hbond substituents is 1. The fraction of sp³-hybridized carbons (Fsp3) is 0.238. The Morgan fingerprint density at radius 1 is 0.478 bits per heavy atom. The monoisotopic (exact) mass is 875 g/mol. The van der Waals surface area contributed by atoms with E-state index in [0.717, 1.165) is 66.9 Å². The number of hydrogen-bond acceptors (Lipinski definition) is 3. The predicted molar refractivity (Wildman–Crippen MR) is 281 cm³/mol. The van der Waals surface area contributed by atoms with Gasteiger partial charge in [-0.15, -0.1) is 0 Å². The van der Waals surface area contributed by atoms with E-state index in [1.54, 1.807) is 0 Å². The van der Waals surface area contributed by atoms with Gasteiger partial charge in [-0.25, -0.2) is 4.98 Å². The van der Waals surface area contributed by atoms with E-state index in [1.807, 2.05) is 6.20 Å². The highest BCUT2D eigenvalue weighted by Crippen LogP contribution is 2.52. The van der Waals surface area contributed by atoms with Crippen molar-refractivity contribution < 1.29 is 5.11 Å². The number of nitrogens with zero attached hydrogens (tertiary/aromatic N) is 3. The third kappa shape index (κ3) is 7.57. The molecule has 0 radical (unpaired) electrons. The molecule has 0 unspecified atom stereocenters. The summed E-state index contributed by atoms with van der Waals surface area (Å²) in [5, 5.41) is 12.7. The van der Waals surface area contributed by atoms with Crippen LogP contribution in [0.3, 0.4) is 0 Å². The van der Waals surface area contributed by atoms with Gasteiger partial charge in [-0.1, -0.05) is 191 Å². The van der Waals surface area contributed by atoms with E-state index in [0.29, 0.717) is 11.4 Å². The van der Waals surface area contributed by atoms with Crippen LogP contribution in [0.2, 0.25) is 0 Å². The van der Waals surface area contributed by atoms with Crippen LogP contribution in [0.25, 0.3) is 83.9 Å². The van der Waals surface area contributed by atoms with E-state index < -0.39 is 0 Å². The molecule has 0 saturated heterocycles. The average Bonchev–Trinajstić information content (AvgIpc) is 3.66. The maximum atomic E-state index is 12.7. The molecule has 0 amide bonds. The van der Waals surface area contributed by atoms with Crippen molar-refractivity contribution in [1.82, 2.24) is 14.5 Å². The molecule has 67 heavy (non-hydrogen) atoms. The number of benzene rings is 7. The molecule has 0 aliphatic heterocycles. The van der Waals surface area contributed by atoms with E-state index in [4.69, 9.17) is 9.97 Å². The van der Waals surface area contributed by atoms with E-state index in [1.165, 1.54) is 33.4 Å². The molecule has 0 saturated carbocycles. The lowest BCUT2D eigenvalue weighted by atomic mass is 9.75. The summed E-state index contributed by atoms with van der Waals surface area (Å²) < 4.78 is 2.34. The summed E-state index contributed by atoms with van der Waals surface area (Å²) in [5.74, 6) is 0.960. The van der Waals surface area contributed by atoms with Crippen molar-refractivity contribution in [2.45, 2.75) is 97.8 Å². The van der Waals surface area contributed by atoms with Gasteiger partial charge in [-0.3, -0.25) is 9.55 Å². The van der Waals surface area contributed by atoms with Crippen LogP contribution in [-0.2, 0) is 21.7 Å². The molecule has 4 nitrogen and oxygen atoms in total. The first kappa shape index (κ1) is 43.8. The summed E-state index contributed by atoms with van der Waals surface area (Å²) in [7, 11) is 0. The molecule has 0 atom stereocenters. The molecule has 334 valence electrons. The Labute approximate surface area is 397 Å². The highest BCUT2D eigenvalue weighted by atomic mass is 16.3. The predicted octanol–water partition coefficient (Wildman–Crippen LogP) is 16.7. The SMILES string of the molecule is CC(C)(C)c1cc(-c2cc(-c3ccccc3)ccn2)cc(-c2cccc3c2nc(-c2cc(C(C)(C)C)cc(C(C)(C)C)c2O)n3-c2cccc3c2-c2ccccc2-c2ccccc2C3(C)C)c1. The van der Waals surface area contributed by atoms with Gasteiger partial charge in [0.2, 0.25) is 0 Å². The third-order valence-electron chi connectivity index (χ3n) is 14.0. The van der Waals surface area contributed by atoms with Crippen LogP contribution in [-0.4, -0.2) is 19.6 Å². The van der Waals surface area contributed by atoms with Gasteiger partial charge in [0.25, 0.3) is 0 Å². The Hall–Kier alpha value is -7.04. The molecule has 1 aliphatic rings. The molecule has 2 aromatic heterocycles. The lowest BCUT2D eigenvalue weighted by Crippen LogP contribution is -2.20. The molecule has 1 aliphatic carbocycles. The summed E-state index contributed by atoms with van der Waals surface area (Å²) in [5.41, 5.74) is 19.4. The lowest BCUT2D eigenvalue weighted by Gasteiger charge is -2.30. The number of imidazole rings is 1. The van der Waals surface area contributed by atoms with Crippen molar-refractivity contribution >= 4 is 11.0 Å². The van der Waals surface area contributed by atoms with Gasteiger partial charge in [-0.05, 0) is 114 Å². The van der Waals surface area contributed by atoms with Gasteiger partial charge in [0.1, 0.15) is 11.6 Å². The number of aromatic nitrogens is 3. The molecule has 4 heteroatoms. The number of hydrogen-bond donors (Lipinski definition) is 1. The minimum Gasteiger partial charge on any atom is -0.507 e. The number of para-hydroxylation sites is 1. The van der Waals surface area contributed by atoms with Crippen molar-refractivity contribution in [2.24, 2.45) is 0 Å². The van der Waals surface area contributed by atoms with E-state index in [-0.39, 0.29) is 27.4 Å². The Morgan fingerprint density at radius 2 is 1.09 bits per heavy atom. The van der Waals surface area contributed by atoms with Gasteiger partial charge in [-0.2, -0.15) is 0 Å². The fourth-order valence-electron chi connectivity index (χ4n) is 10.2. The summed E-state index contributed by atoms with van der Waals surface area (Å²) in [6, 6.07) is 57.1. The number of aromatic hydroxyl groups is 1. The maximum absolute atomic E-state index is 12.7. The first-order valence-corrected chi connectivity index (χ1v) is 23.7. The normalized spacial score (nSPS) is 13.5. The van der Waals surface area contributed by atoms with Crippen LogP contribution in [0.5, 0.6) is 5.75 Å². The fourth-order valence-corrected chi connectivity index (χ4v) is 10.2. The standard InChI is InChI=1S/C63H61N3O/c1-60(2,3)43-34-41(33-42(35-43)53-36-40(31-32-64-53)39-21-13-12-14-22-39)45-26-19-30-55-57(45)65-59(49-37-44(61(4,5)6)38-52(58(49)67)62(7,8)9)66(55)54-29-20-28-51-56(54)48-25-16-15-23-46(48)47-24-17-18-27-50(47)63(51,10)11/h12-38,67H,1-11H3. The van der Waals surface area contributed by atoms with Crippen LogP contribution in [0.4, 0.5) is 0 Å². The second-order valence-corrected chi connectivity index (χ2v) is 22.1. The zero-order valence-electron chi connectivity index (χ0n) is 40.9. The molecule has 0 fully saturated rings. The molecule has 2 heterocycles. The molecular formula is C63H61N3O. The highest BCUT2D eigenvalue weighted by molar-refractivity contribution is 6.00. The number of phenols is 1. The minimum atomic E-state index is -0.341. The van der Waals surface area contributed by atoms with Crippen molar-refractivity contribution in [2.75, 3.05) is 0 Å². The van der Waals surface area contributed by atoms with Gasteiger partial charge >= 0.3 is 0 Å². The maximum Gasteiger partial charge on any atom is 0.149 e. The van der Waals surface area contributed by atoms with E-state index in [9.17, 15) is 5.11 Å². The summed E-state index contributed by atoms with van der Waals surface area (Å²) >= 11 is 0. The van der Waals surface area contributed by atoms with Gasteiger partial charge < -0.3 is 5.11 Å². The molecule has 1 N–H and O–H groups in total. The largest absolute Gasteiger partial charge is 0.507 e. The van der Waals surface area contributed by atoms with E-state index in [2.05, 4.69) is 238 Å². The van der Waals surface area contributed by atoms with Gasteiger partial charge in [0.15, 0.2) is 0 Å². The zero-order valence-corrected chi connectivity index (χ0v) is 40.9. The van der Waals surface area contributed by atoms with Crippen LogP contribution in [0, 0.1) is 0 Å². The van der Waals surface area contributed by atoms with Crippen molar-refractivity contribution in [1.29, 1.82) is 0 Å². The Balaban J connectivity index is 1.31. The second kappa shape index (κ2) is 15.8. The smallest absolute Gasteiger partial charge is 0.149 e. The quantitative estimate of drug-likeness (QED) is 0.187. The first-order chi connectivity index (χ1) is 31.8. The molecule has 7 aromatic carbocycles. The lowest BCUT2D eigenvalue weighted by molar-refractivity contribution is 0.446. The van der Waals surface area contributed by atoms with Crippen LogP contribution in [0.1, 0.15) is 104 Å². The second-order valence-electron chi connectivity index (χ2n) is 22.1. The third-order valence-corrected chi connectivity index (χ3v) is 14.0. The molecular weight excluding hydrogens is 815 g/mol. The minimum absolute atomic E-state index is 0.151. The Morgan fingerprint density at radius 3 is 1.81 bits per heavy atom. The summed E-state index contributed by atoms with van der Waals surface area (Å²) in [4.78, 5) is 10.7. The Kier molecular flexibility index (Phi) is 10.3. The Bertz CT molecular complexity index is 3380. The van der Waals surface area contributed by atoms with Crippen molar-refractivity contribution in [3.8, 4) is 78.6 Å².